The molecule has 0 atom stereocenters. The third kappa shape index (κ3) is 3.13. The van der Waals surface area contributed by atoms with Gasteiger partial charge < -0.3 is 9.67 Å². The van der Waals surface area contributed by atoms with Crippen molar-refractivity contribution in [2.24, 2.45) is 7.05 Å². The van der Waals surface area contributed by atoms with Crippen LogP contribution in [0.5, 0.6) is 0 Å². The highest BCUT2D eigenvalue weighted by Gasteiger charge is 2.08. The molecular formula is C13H14N2O2S. The van der Waals surface area contributed by atoms with Crippen molar-refractivity contribution >= 4 is 17.7 Å². The maximum Gasteiger partial charge on any atom is 0.307 e. The molecule has 0 aliphatic carbocycles. The third-order valence-corrected chi connectivity index (χ3v) is 3.70. The summed E-state index contributed by atoms with van der Waals surface area (Å²) in [5, 5.41) is 9.80. The lowest BCUT2D eigenvalue weighted by Gasteiger charge is -2.07. The Morgan fingerprint density at radius 2 is 2.11 bits per heavy atom. The molecule has 2 aromatic rings. The average Bonchev–Trinajstić information content (AvgIpc) is 2.73. The Hall–Kier alpha value is -1.75. The van der Waals surface area contributed by atoms with Gasteiger partial charge >= 0.3 is 5.97 Å². The molecule has 0 saturated heterocycles. The van der Waals surface area contributed by atoms with Crippen LogP contribution in [0.2, 0.25) is 0 Å². The predicted molar refractivity (Wildman–Crippen MR) is 70.6 cm³/mol. The molecule has 94 valence electrons. The Kier molecular flexibility index (Phi) is 4.04. The lowest BCUT2D eigenvalue weighted by molar-refractivity contribution is -0.136. The Labute approximate surface area is 110 Å². The van der Waals surface area contributed by atoms with Crippen molar-refractivity contribution in [2.45, 2.75) is 17.3 Å². The molecule has 1 aromatic carbocycles. The van der Waals surface area contributed by atoms with Gasteiger partial charge in [-0.05, 0) is 11.1 Å². The van der Waals surface area contributed by atoms with Gasteiger partial charge in [0.1, 0.15) is 0 Å². The first-order chi connectivity index (χ1) is 8.66. The number of benzene rings is 1. The Morgan fingerprint density at radius 1 is 1.39 bits per heavy atom. The summed E-state index contributed by atoms with van der Waals surface area (Å²) in [6.07, 6.45) is 3.72. The van der Waals surface area contributed by atoms with E-state index in [1.165, 1.54) is 0 Å². The summed E-state index contributed by atoms with van der Waals surface area (Å²) in [5.41, 5.74) is 1.92. The molecule has 2 rings (SSSR count). The molecule has 0 aliphatic rings. The molecule has 1 N–H and O–H groups in total. The van der Waals surface area contributed by atoms with Gasteiger partial charge in [-0.15, -0.1) is 0 Å². The second-order valence-electron chi connectivity index (χ2n) is 3.95. The first-order valence-corrected chi connectivity index (χ1v) is 6.54. The summed E-state index contributed by atoms with van der Waals surface area (Å²) in [4.78, 5) is 15.0. The fourth-order valence-corrected chi connectivity index (χ4v) is 2.63. The SMILES string of the molecule is Cn1ccnc1SCc1ccccc1CC(=O)O. The fourth-order valence-electron chi connectivity index (χ4n) is 1.67. The van der Waals surface area contributed by atoms with E-state index < -0.39 is 5.97 Å². The molecule has 0 saturated carbocycles. The minimum absolute atomic E-state index is 0.0668. The van der Waals surface area contributed by atoms with Crippen LogP contribution in [0.15, 0.2) is 41.8 Å². The topological polar surface area (TPSA) is 55.1 Å². The maximum absolute atomic E-state index is 10.8. The smallest absolute Gasteiger partial charge is 0.307 e. The van der Waals surface area contributed by atoms with E-state index in [2.05, 4.69) is 4.98 Å². The lowest BCUT2D eigenvalue weighted by Crippen LogP contribution is -2.03. The Balaban J connectivity index is 2.09. The van der Waals surface area contributed by atoms with Crippen LogP contribution in [-0.2, 0) is 24.0 Å². The molecule has 1 heterocycles. The van der Waals surface area contributed by atoms with Gasteiger partial charge in [-0.3, -0.25) is 4.79 Å². The van der Waals surface area contributed by atoms with Crippen LogP contribution in [0.1, 0.15) is 11.1 Å². The summed E-state index contributed by atoms with van der Waals surface area (Å²) in [7, 11) is 1.94. The van der Waals surface area contributed by atoms with Crippen molar-refractivity contribution in [3.63, 3.8) is 0 Å². The number of carbonyl (C=O) groups is 1. The van der Waals surface area contributed by atoms with Gasteiger partial charge in [0, 0.05) is 25.2 Å². The molecule has 0 bridgehead atoms. The van der Waals surface area contributed by atoms with Gasteiger partial charge in [0.2, 0.25) is 0 Å². The standard InChI is InChI=1S/C13H14N2O2S/c1-15-7-6-14-13(15)18-9-11-5-3-2-4-10(11)8-12(16)17/h2-7H,8-9H2,1H3,(H,16,17). The van der Waals surface area contributed by atoms with Gasteiger partial charge in [-0.1, -0.05) is 36.0 Å². The van der Waals surface area contributed by atoms with Crippen LogP contribution in [0.4, 0.5) is 0 Å². The Morgan fingerprint density at radius 3 is 2.72 bits per heavy atom. The van der Waals surface area contributed by atoms with Crippen molar-refractivity contribution in [3.8, 4) is 0 Å². The molecule has 5 heteroatoms. The molecule has 18 heavy (non-hydrogen) atoms. The average molecular weight is 262 g/mol. The predicted octanol–water partition coefficient (Wildman–Crippen LogP) is 2.34. The van der Waals surface area contributed by atoms with Gasteiger partial charge in [0.15, 0.2) is 5.16 Å². The normalized spacial score (nSPS) is 10.5. The van der Waals surface area contributed by atoms with Gasteiger partial charge in [0.25, 0.3) is 0 Å². The van der Waals surface area contributed by atoms with E-state index in [1.807, 2.05) is 42.1 Å². The molecule has 0 fully saturated rings. The fraction of sp³-hybridized carbons (Fsp3) is 0.231. The van der Waals surface area contributed by atoms with Crippen molar-refractivity contribution in [2.75, 3.05) is 0 Å². The summed E-state index contributed by atoms with van der Waals surface area (Å²) in [6.45, 7) is 0. The number of nitrogens with zero attached hydrogens (tertiary/aromatic N) is 2. The largest absolute Gasteiger partial charge is 0.481 e. The summed E-state index contributed by atoms with van der Waals surface area (Å²) in [6, 6.07) is 7.63. The minimum atomic E-state index is -0.801. The monoisotopic (exact) mass is 262 g/mol. The first kappa shape index (κ1) is 12.7. The molecule has 4 nitrogen and oxygen atoms in total. The van der Waals surface area contributed by atoms with Crippen molar-refractivity contribution in [3.05, 3.63) is 47.8 Å². The van der Waals surface area contributed by atoms with Gasteiger partial charge in [0.05, 0.1) is 6.42 Å². The number of aryl methyl sites for hydroxylation is 1. The number of rotatable bonds is 5. The van der Waals surface area contributed by atoms with E-state index in [-0.39, 0.29) is 6.42 Å². The maximum atomic E-state index is 10.8. The van der Waals surface area contributed by atoms with Crippen LogP contribution in [0.25, 0.3) is 0 Å². The molecule has 0 amide bonds. The highest BCUT2D eigenvalue weighted by atomic mass is 32.2. The van der Waals surface area contributed by atoms with Crippen LogP contribution < -0.4 is 0 Å². The van der Waals surface area contributed by atoms with E-state index in [1.54, 1.807) is 18.0 Å². The van der Waals surface area contributed by atoms with E-state index in [4.69, 9.17) is 5.11 Å². The summed E-state index contributed by atoms with van der Waals surface area (Å²) >= 11 is 1.61. The highest BCUT2D eigenvalue weighted by Crippen LogP contribution is 2.22. The first-order valence-electron chi connectivity index (χ1n) is 5.55. The molecular weight excluding hydrogens is 248 g/mol. The van der Waals surface area contributed by atoms with Crippen LogP contribution >= 0.6 is 11.8 Å². The van der Waals surface area contributed by atoms with Gasteiger partial charge in [-0.25, -0.2) is 4.98 Å². The van der Waals surface area contributed by atoms with Crippen molar-refractivity contribution in [1.82, 2.24) is 9.55 Å². The molecule has 0 radical (unpaired) electrons. The van der Waals surface area contributed by atoms with Crippen molar-refractivity contribution < 1.29 is 9.90 Å². The zero-order valence-corrected chi connectivity index (χ0v) is 10.9. The number of imidazole rings is 1. The van der Waals surface area contributed by atoms with Crippen LogP contribution in [0, 0.1) is 0 Å². The highest BCUT2D eigenvalue weighted by molar-refractivity contribution is 7.98. The molecule has 1 aromatic heterocycles. The number of hydrogen-bond donors (Lipinski definition) is 1. The van der Waals surface area contributed by atoms with Crippen molar-refractivity contribution in [1.29, 1.82) is 0 Å². The Bertz CT molecular complexity index is 551. The molecule has 0 spiro atoms. The quantitative estimate of drug-likeness (QED) is 0.840. The number of carboxylic acids is 1. The van der Waals surface area contributed by atoms with E-state index >= 15 is 0 Å². The third-order valence-electron chi connectivity index (χ3n) is 2.59. The van der Waals surface area contributed by atoms with E-state index in [0.29, 0.717) is 0 Å². The van der Waals surface area contributed by atoms with E-state index in [0.717, 1.165) is 22.0 Å². The number of aromatic nitrogens is 2. The number of hydrogen-bond acceptors (Lipinski definition) is 3. The zero-order valence-electron chi connectivity index (χ0n) is 10.0. The number of aliphatic carboxylic acids is 1. The zero-order chi connectivity index (χ0) is 13.0. The van der Waals surface area contributed by atoms with Crippen LogP contribution in [0.3, 0.4) is 0 Å². The van der Waals surface area contributed by atoms with Crippen LogP contribution in [-0.4, -0.2) is 20.6 Å². The van der Waals surface area contributed by atoms with Gasteiger partial charge in [-0.2, -0.15) is 0 Å². The summed E-state index contributed by atoms with van der Waals surface area (Å²) in [5.74, 6) is -0.0710. The minimum Gasteiger partial charge on any atom is -0.481 e. The lowest BCUT2D eigenvalue weighted by atomic mass is 10.1. The van der Waals surface area contributed by atoms with E-state index in [9.17, 15) is 4.79 Å². The molecule has 0 aliphatic heterocycles. The molecule has 0 unspecified atom stereocenters. The number of carboxylic acid groups (broad SMARTS) is 1. The second kappa shape index (κ2) is 5.73. The number of thioether (sulfide) groups is 1. The second-order valence-corrected chi connectivity index (χ2v) is 4.89. The summed E-state index contributed by atoms with van der Waals surface area (Å²) < 4.78 is 1.95.